The van der Waals surface area contributed by atoms with Crippen LogP contribution in [0.1, 0.15) is 25.7 Å². The molecule has 0 aliphatic heterocycles. The molecular formula is C21H19NO2S. The fourth-order valence-electron chi connectivity index (χ4n) is 3.13. The summed E-state index contributed by atoms with van der Waals surface area (Å²) in [5.74, 6) is 1.08. The molecule has 1 atom stereocenters. The minimum Gasteiger partial charge on any atom is -0.431 e. The zero-order valence-electron chi connectivity index (χ0n) is 13.9. The molecule has 4 rings (SSSR count). The molecule has 1 heterocycles. The molecular weight excluding hydrogens is 330 g/mol. The minimum atomic E-state index is -0.0281. The van der Waals surface area contributed by atoms with Gasteiger partial charge in [0.2, 0.25) is 0 Å². The first kappa shape index (κ1) is 16.2. The third-order valence-corrected chi connectivity index (χ3v) is 5.59. The number of Topliss-reactive ketones (excluding diaryl/α,β-unsaturated/α-hetero) is 1. The molecule has 1 aliphatic rings. The number of hydrogen-bond donors (Lipinski definition) is 0. The number of aromatic nitrogens is 1. The maximum Gasteiger partial charge on any atom is 0.257 e. The Balaban J connectivity index is 1.72. The monoisotopic (exact) mass is 349 g/mol. The number of hydrogen-bond acceptors (Lipinski definition) is 4. The summed E-state index contributed by atoms with van der Waals surface area (Å²) in [5.41, 5.74) is 2.85. The van der Waals surface area contributed by atoms with Crippen LogP contribution in [-0.4, -0.2) is 16.0 Å². The van der Waals surface area contributed by atoms with Crippen LogP contribution in [0.3, 0.4) is 0 Å². The highest BCUT2D eigenvalue weighted by Gasteiger charge is 2.26. The molecule has 1 fully saturated rings. The second kappa shape index (κ2) is 7.28. The molecule has 3 nitrogen and oxygen atoms in total. The fraction of sp³-hybridized carbons (Fsp3) is 0.238. The van der Waals surface area contributed by atoms with Crippen LogP contribution >= 0.6 is 11.8 Å². The van der Waals surface area contributed by atoms with E-state index in [9.17, 15) is 4.79 Å². The van der Waals surface area contributed by atoms with E-state index in [2.05, 4.69) is 0 Å². The van der Waals surface area contributed by atoms with Gasteiger partial charge in [0.25, 0.3) is 5.22 Å². The third kappa shape index (κ3) is 3.54. The molecule has 0 amide bonds. The van der Waals surface area contributed by atoms with Gasteiger partial charge >= 0.3 is 0 Å². The van der Waals surface area contributed by atoms with Crippen LogP contribution < -0.4 is 0 Å². The van der Waals surface area contributed by atoms with Crippen LogP contribution in [0.15, 0.2) is 70.3 Å². The van der Waals surface area contributed by atoms with E-state index in [0.29, 0.717) is 17.4 Å². The summed E-state index contributed by atoms with van der Waals surface area (Å²) < 4.78 is 6.11. The Labute approximate surface area is 151 Å². The van der Waals surface area contributed by atoms with E-state index in [4.69, 9.17) is 9.40 Å². The summed E-state index contributed by atoms with van der Waals surface area (Å²) in [6, 6.07) is 20.1. The van der Waals surface area contributed by atoms with Gasteiger partial charge in [-0.3, -0.25) is 4.79 Å². The van der Waals surface area contributed by atoms with Gasteiger partial charge in [-0.1, -0.05) is 78.8 Å². The fourth-order valence-corrected chi connectivity index (χ4v) is 4.18. The molecule has 0 radical (unpaired) electrons. The van der Waals surface area contributed by atoms with Crippen molar-refractivity contribution in [1.82, 2.24) is 4.98 Å². The number of nitrogens with zero attached hydrogens (tertiary/aromatic N) is 1. The lowest BCUT2D eigenvalue weighted by Gasteiger charge is -2.17. The molecule has 0 saturated heterocycles. The molecule has 4 heteroatoms. The largest absolute Gasteiger partial charge is 0.431 e. The number of thioether (sulfide) groups is 1. The maximum absolute atomic E-state index is 12.1. The van der Waals surface area contributed by atoms with Crippen molar-refractivity contribution in [2.75, 3.05) is 0 Å². The van der Waals surface area contributed by atoms with Gasteiger partial charge in [-0.15, -0.1) is 0 Å². The van der Waals surface area contributed by atoms with Gasteiger partial charge in [0.1, 0.15) is 11.5 Å². The number of carbonyl (C=O) groups is 1. The van der Waals surface area contributed by atoms with Gasteiger partial charge in [-0.25, -0.2) is 4.98 Å². The van der Waals surface area contributed by atoms with Gasteiger partial charge < -0.3 is 4.42 Å². The highest BCUT2D eigenvalue weighted by Crippen LogP contribution is 2.38. The number of carbonyl (C=O) groups excluding carboxylic acids is 1. The Kier molecular flexibility index (Phi) is 4.70. The van der Waals surface area contributed by atoms with Crippen molar-refractivity contribution in [1.29, 1.82) is 0 Å². The van der Waals surface area contributed by atoms with E-state index in [1.165, 1.54) is 11.8 Å². The molecule has 25 heavy (non-hydrogen) atoms. The molecule has 3 aromatic rings. The van der Waals surface area contributed by atoms with Crippen LogP contribution in [-0.2, 0) is 4.79 Å². The molecule has 0 N–H and O–H groups in total. The molecule has 1 unspecified atom stereocenters. The summed E-state index contributed by atoms with van der Waals surface area (Å²) in [5, 5.41) is 0.553. The lowest BCUT2D eigenvalue weighted by atomic mass is 9.99. The molecule has 0 spiro atoms. The average molecular weight is 349 g/mol. The summed E-state index contributed by atoms with van der Waals surface area (Å²) in [4.78, 5) is 16.9. The van der Waals surface area contributed by atoms with Crippen molar-refractivity contribution in [3.05, 3.63) is 60.7 Å². The molecule has 0 bridgehead atoms. The zero-order valence-corrected chi connectivity index (χ0v) is 14.7. The standard InChI is InChI=1S/C21H19NO2S/c23-17-13-7-8-14-18(17)25-21-22-19(15-9-3-1-4-10-15)20(24-21)16-11-5-2-6-12-16/h1-6,9-12,18H,7-8,13-14H2. The quantitative estimate of drug-likeness (QED) is 0.614. The van der Waals surface area contributed by atoms with Crippen LogP contribution in [0.2, 0.25) is 0 Å². The first-order chi connectivity index (χ1) is 12.3. The van der Waals surface area contributed by atoms with Gasteiger partial charge in [-0.05, 0) is 12.8 Å². The maximum atomic E-state index is 12.1. The Hall–Kier alpha value is -2.33. The van der Waals surface area contributed by atoms with Gasteiger partial charge in [0.05, 0.1) is 5.25 Å². The zero-order chi connectivity index (χ0) is 17.1. The van der Waals surface area contributed by atoms with Crippen molar-refractivity contribution < 1.29 is 9.21 Å². The van der Waals surface area contributed by atoms with Crippen LogP contribution in [0.5, 0.6) is 0 Å². The Morgan fingerprint density at radius 2 is 1.60 bits per heavy atom. The topological polar surface area (TPSA) is 43.1 Å². The van der Waals surface area contributed by atoms with Gasteiger partial charge in [0.15, 0.2) is 5.76 Å². The van der Waals surface area contributed by atoms with Gasteiger partial charge in [-0.2, -0.15) is 0 Å². The van der Waals surface area contributed by atoms with E-state index < -0.39 is 0 Å². The van der Waals surface area contributed by atoms with E-state index in [1.807, 2.05) is 60.7 Å². The summed E-state index contributed by atoms with van der Waals surface area (Å²) in [6.07, 6.45) is 3.69. The minimum absolute atomic E-state index is 0.0281. The molecule has 1 saturated carbocycles. The van der Waals surface area contributed by atoms with E-state index in [0.717, 1.165) is 41.8 Å². The highest BCUT2D eigenvalue weighted by atomic mass is 32.2. The SMILES string of the molecule is O=C1CCCCC1Sc1nc(-c2ccccc2)c(-c2ccccc2)o1. The summed E-state index contributed by atoms with van der Waals surface area (Å²) in [6.45, 7) is 0. The lowest BCUT2D eigenvalue weighted by molar-refractivity contribution is -0.119. The Morgan fingerprint density at radius 3 is 2.28 bits per heavy atom. The van der Waals surface area contributed by atoms with Crippen molar-refractivity contribution in [3.63, 3.8) is 0 Å². The smallest absolute Gasteiger partial charge is 0.257 e. The van der Waals surface area contributed by atoms with Crippen LogP contribution in [0.4, 0.5) is 0 Å². The molecule has 126 valence electrons. The number of rotatable bonds is 4. The van der Waals surface area contributed by atoms with E-state index in [1.54, 1.807) is 0 Å². The molecule has 1 aromatic heterocycles. The predicted molar refractivity (Wildman–Crippen MR) is 100 cm³/mol. The van der Waals surface area contributed by atoms with Crippen molar-refractivity contribution in [3.8, 4) is 22.6 Å². The number of benzene rings is 2. The normalized spacial score (nSPS) is 17.6. The summed E-state index contributed by atoms with van der Waals surface area (Å²) >= 11 is 1.47. The molecule has 1 aliphatic carbocycles. The average Bonchev–Trinajstić information content (AvgIpc) is 3.09. The first-order valence-electron chi connectivity index (χ1n) is 8.62. The second-order valence-electron chi connectivity index (χ2n) is 6.21. The highest BCUT2D eigenvalue weighted by molar-refractivity contribution is 8.00. The molecule has 2 aromatic carbocycles. The van der Waals surface area contributed by atoms with Crippen molar-refractivity contribution in [2.45, 2.75) is 36.2 Å². The first-order valence-corrected chi connectivity index (χ1v) is 9.50. The Bertz CT molecular complexity index is 801. The number of ketones is 1. The number of oxazole rings is 1. The van der Waals surface area contributed by atoms with Crippen molar-refractivity contribution in [2.24, 2.45) is 0 Å². The van der Waals surface area contributed by atoms with Crippen LogP contribution in [0.25, 0.3) is 22.6 Å². The Morgan fingerprint density at radius 1 is 0.920 bits per heavy atom. The lowest BCUT2D eigenvalue weighted by Crippen LogP contribution is -2.21. The summed E-state index contributed by atoms with van der Waals surface area (Å²) in [7, 11) is 0. The van der Waals surface area contributed by atoms with Crippen LogP contribution in [0, 0.1) is 0 Å². The van der Waals surface area contributed by atoms with Crippen molar-refractivity contribution >= 4 is 17.5 Å². The van der Waals surface area contributed by atoms with Gasteiger partial charge in [0, 0.05) is 17.5 Å². The second-order valence-corrected chi connectivity index (χ2v) is 7.36. The van der Waals surface area contributed by atoms with E-state index in [-0.39, 0.29) is 5.25 Å². The predicted octanol–water partition coefficient (Wildman–Crippen LogP) is 5.61. The van der Waals surface area contributed by atoms with E-state index >= 15 is 0 Å². The third-order valence-electron chi connectivity index (χ3n) is 4.43.